The van der Waals surface area contributed by atoms with Crippen LogP contribution in [-0.4, -0.2) is 43.4 Å². The number of carbonyl (C=O) groups is 1. The van der Waals surface area contributed by atoms with Crippen molar-refractivity contribution in [2.75, 3.05) is 19.6 Å². The van der Waals surface area contributed by atoms with Gasteiger partial charge >= 0.3 is 0 Å². The van der Waals surface area contributed by atoms with Crippen LogP contribution in [0, 0.1) is 33.6 Å². The molecule has 0 unspecified atom stereocenters. The van der Waals surface area contributed by atoms with Crippen molar-refractivity contribution in [3.05, 3.63) is 45.8 Å². The highest BCUT2D eigenvalue weighted by Gasteiger charge is 2.35. The monoisotopic (exact) mass is 445 g/mol. The normalized spacial score (nSPS) is 16.2. The lowest BCUT2D eigenvalue weighted by molar-refractivity contribution is -0.126. The molecular formula is C23H31N3O4S. The summed E-state index contributed by atoms with van der Waals surface area (Å²) in [6.45, 7) is 10.8. The maximum atomic E-state index is 13.4. The molecule has 1 aliphatic heterocycles. The first-order chi connectivity index (χ1) is 14.6. The molecule has 31 heavy (non-hydrogen) atoms. The summed E-state index contributed by atoms with van der Waals surface area (Å²) >= 11 is 0. The van der Waals surface area contributed by atoms with E-state index in [4.69, 9.17) is 4.52 Å². The molecule has 1 aromatic heterocycles. The molecule has 0 bridgehead atoms. The van der Waals surface area contributed by atoms with E-state index in [0.717, 1.165) is 16.7 Å². The molecule has 1 aliphatic rings. The Balaban J connectivity index is 1.85. The Hall–Kier alpha value is -2.45. The first-order valence-electron chi connectivity index (χ1n) is 10.6. The van der Waals surface area contributed by atoms with Crippen LogP contribution < -0.4 is 5.32 Å². The molecule has 1 N–H and O–H groups in total. The number of hydrogen-bond donors (Lipinski definition) is 1. The minimum Gasteiger partial charge on any atom is -0.356 e. The van der Waals surface area contributed by atoms with Crippen LogP contribution in [0.4, 0.5) is 0 Å². The summed E-state index contributed by atoms with van der Waals surface area (Å²) in [5, 5.41) is 6.74. The SMILES string of the molecule is CCNC(=O)C1CCN(S(=O)(=O)c2c(C)noc2/C=C/c2c(C)cc(C)cc2C)CC1. The molecular weight excluding hydrogens is 414 g/mol. The van der Waals surface area contributed by atoms with Crippen LogP contribution in [0.1, 0.15) is 53.5 Å². The number of hydrogen-bond acceptors (Lipinski definition) is 5. The van der Waals surface area contributed by atoms with Crippen molar-refractivity contribution < 1.29 is 17.7 Å². The summed E-state index contributed by atoms with van der Waals surface area (Å²) in [5.74, 6) is 0.0673. The van der Waals surface area contributed by atoms with Gasteiger partial charge < -0.3 is 9.84 Å². The second kappa shape index (κ2) is 9.36. The molecule has 1 fully saturated rings. The fourth-order valence-electron chi connectivity index (χ4n) is 4.22. The van der Waals surface area contributed by atoms with Gasteiger partial charge in [0.15, 0.2) is 10.7 Å². The molecule has 0 saturated carbocycles. The Labute approximate surface area is 184 Å². The van der Waals surface area contributed by atoms with Crippen LogP contribution in [0.2, 0.25) is 0 Å². The molecule has 0 atom stereocenters. The van der Waals surface area contributed by atoms with E-state index in [2.05, 4.69) is 22.6 Å². The van der Waals surface area contributed by atoms with Gasteiger partial charge in [0.1, 0.15) is 5.69 Å². The molecule has 1 saturated heterocycles. The van der Waals surface area contributed by atoms with Crippen molar-refractivity contribution in [1.82, 2.24) is 14.8 Å². The van der Waals surface area contributed by atoms with Gasteiger partial charge in [0.2, 0.25) is 15.9 Å². The zero-order valence-corrected chi connectivity index (χ0v) is 19.7. The summed E-state index contributed by atoms with van der Waals surface area (Å²) in [6.07, 6.45) is 4.56. The van der Waals surface area contributed by atoms with Gasteiger partial charge in [-0.2, -0.15) is 4.31 Å². The van der Waals surface area contributed by atoms with Crippen molar-refractivity contribution in [2.45, 2.75) is 52.4 Å². The van der Waals surface area contributed by atoms with Crippen molar-refractivity contribution in [1.29, 1.82) is 0 Å². The maximum Gasteiger partial charge on any atom is 0.248 e. The minimum absolute atomic E-state index is 0.00633. The van der Waals surface area contributed by atoms with Crippen LogP contribution in [0.25, 0.3) is 12.2 Å². The number of aryl methyl sites for hydroxylation is 4. The highest BCUT2D eigenvalue weighted by molar-refractivity contribution is 7.89. The van der Waals surface area contributed by atoms with E-state index in [9.17, 15) is 13.2 Å². The molecule has 168 valence electrons. The average Bonchev–Trinajstić information content (AvgIpc) is 3.08. The van der Waals surface area contributed by atoms with Crippen molar-refractivity contribution in [3.63, 3.8) is 0 Å². The van der Waals surface area contributed by atoms with Gasteiger partial charge in [0.05, 0.1) is 0 Å². The summed E-state index contributed by atoms with van der Waals surface area (Å²) in [5.41, 5.74) is 4.78. The number of sulfonamides is 1. The third kappa shape index (κ3) is 4.91. The quantitative estimate of drug-likeness (QED) is 0.733. The largest absolute Gasteiger partial charge is 0.356 e. The third-order valence-electron chi connectivity index (χ3n) is 5.75. The van der Waals surface area contributed by atoms with Gasteiger partial charge in [-0.05, 0) is 70.2 Å². The Morgan fingerprint density at radius 3 is 2.35 bits per heavy atom. The van der Waals surface area contributed by atoms with Crippen LogP contribution in [0.3, 0.4) is 0 Å². The number of rotatable bonds is 6. The van der Waals surface area contributed by atoms with Crippen molar-refractivity contribution >= 4 is 28.1 Å². The Morgan fingerprint density at radius 2 is 1.77 bits per heavy atom. The summed E-state index contributed by atoms with van der Waals surface area (Å²) in [7, 11) is -3.78. The fourth-order valence-corrected chi connectivity index (χ4v) is 5.94. The third-order valence-corrected chi connectivity index (χ3v) is 7.80. The molecule has 1 aromatic carbocycles. The Bertz CT molecular complexity index is 1070. The molecule has 0 radical (unpaired) electrons. The van der Waals surface area contributed by atoms with Crippen LogP contribution in [-0.2, 0) is 14.8 Å². The first kappa shape index (κ1) is 23.2. The molecule has 8 heteroatoms. The predicted octanol–water partition coefficient (Wildman–Crippen LogP) is 3.62. The minimum atomic E-state index is -3.78. The predicted molar refractivity (Wildman–Crippen MR) is 121 cm³/mol. The first-order valence-corrected chi connectivity index (χ1v) is 12.1. The number of nitrogens with one attached hydrogen (secondary N) is 1. The molecule has 0 aliphatic carbocycles. The summed E-state index contributed by atoms with van der Waals surface area (Å²) in [6, 6.07) is 4.18. The number of carbonyl (C=O) groups excluding carboxylic acids is 1. The molecule has 3 rings (SSSR count). The van der Waals surface area contributed by atoms with E-state index in [1.807, 2.05) is 33.8 Å². The van der Waals surface area contributed by atoms with Crippen LogP contribution in [0.15, 0.2) is 21.6 Å². The van der Waals surface area contributed by atoms with E-state index < -0.39 is 10.0 Å². The molecule has 7 nitrogen and oxygen atoms in total. The zero-order valence-electron chi connectivity index (χ0n) is 18.9. The smallest absolute Gasteiger partial charge is 0.248 e. The fraction of sp³-hybridized carbons (Fsp3) is 0.478. The number of amides is 1. The lowest BCUT2D eigenvalue weighted by atomic mass is 9.97. The highest BCUT2D eigenvalue weighted by Crippen LogP contribution is 2.30. The number of aromatic nitrogens is 1. The number of nitrogens with zero attached hydrogens (tertiary/aromatic N) is 2. The van der Waals surface area contributed by atoms with Gasteiger partial charge in [-0.3, -0.25) is 4.79 Å². The maximum absolute atomic E-state index is 13.4. The van der Waals surface area contributed by atoms with Crippen LogP contribution in [0.5, 0.6) is 0 Å². The summed E-state index contributed by atoms with van der Waals surface area (Å²) < 4.78 is 33.6. The van der Waals surface area contributed by atoms with Gasteiger partial charge in [-0.25, -0.2) is 8.42 Å². The van der Waals surface area contributed by atoms with Crippen molar-refractivity contribution in [3.8, 4) is 0 Å². The van der Waals surface area contributed by atoms with Crippen LogP contribution >= 0.6 is 0 Å². The Morgan fingerprint density at radius 1 is 1.16 bits per heavy atom. The molecule has 1 amide bonds. The average molecular weight is 446 g/mol. The van der Waals surface area contributed by atoms with Crippen molar-refractivity contribution in [2.24, 2.45) is 5.92 Å². The van der Waals surface area contributed by atoms with E-state index in [0.29, 0.717) is 38.2 Å². The van der Waals surface area contributed by atoms with Gasteiger partial charge in [0.25, 0.3) is 0 Å². The van der Waals surface area contributed by atoms with E-state index in [1.165, 1.54) is 9.87 Å². The highest BCUT2D eigenvalue weighted by atomic mass is 32.2. The van der Waals surface area contributed by atoms with E-state index in [1.54, 1.807) is 13.0 Å². The standard InChI is InChI=1S/C23H31N3O4S/c1-6-24-23(27)19-9-11-26(12-10-19)31(28,29)22-18(5)25-30-21(22)8-7-20-16(3)13-15(2)14-17(20)4/h7-8,13-14,19H,6,9-12H2,1-5H3,(H,24,27)/b8-7+. The second-order valence-electron chi connectivity index (χ2n) is 8.18. The topological polar surface area (TPSA) is 92.5 Å². The number of benzene rings is 1. The summed E-state index contributed by atoms with van der Waals surface area (Å²) in [4.78, 5) is 12.2. The number of piperidine rings is 1. The second-order valence-corrected chi connectivity index (χ2v) is 10.1. The van der Waals surface area contributed by atoms with Gasteiger partial charge in [0, 0.05) is 25.6 Å². The molecule has 0 spiro atoms. The lowest BCUT2D eigenvalue weighted by Crippen LogP contribution is -2.43. The van der Waals surface area contributed by atoms with E-state index in [-0.39, 0.29) is 22.5 Å². The van der Waals surface area contributed by atoms with Gasteiger partial charge in [-0.1, -0.05) is 28.9 Å². The molecule has 2 aromatic rings. The zero-order chi connectivity index (χ0) is 22.8. The Kier molecular flexibility index (Phi) is 7.01. The lowest BCUT2D eigenvalue weighted by Gasteiger charge is -2.30. The van der Waals surface area contributed by atoms with E-state index >= 15 is 0 Å². The molecule has 2 heterocycles. The van der Waals surface area contributed by atoms with Gasteiger partial charge in [-0.15, -0.1) is 0 Å².